The number of nitrogens with zero attached hydrogens (tertiary/aromatic N) is 1. The quantitative estimate of drug-likeness (QED) is 0.840. The van der Waals surface area contributed by atoms with E-state index < -0.39 is 10.0 Å². The number of fused-ring (bicyclic) bond motifs is 2. The summed E-state index contributed by atoms with van der Waals surface area (Å²) in [6.45, 7) is 2.90. The number of nitrogens with one attached hydrogen (secondary N) is 1. The van der Waals surface area contributed by atoms with Crippen LogP contribution in [0.4, 0.5) is 0 Å². The van der Waals surface area contributed by atoms with Crippen molar-refractivity contribution >= 4 is 15.9 Å². The topological polar surface area (TPSA) is 66.5 Å². The molecular weight excluding hydrogens is 360 g/mol. The van der Waals surface area contributed by atoms with Crippen LogP contribution in [0.3, 0.4) is 0 Å². The van der Waals surface area contributed by atoms with Crippen LogP contribution in [-0.2, 0) is 14.8 Å². The van der Waals surface area contributed by atoms with Gasteiger partial charge in [-0.2, -0.15) is 4.31 Å². The van der Waals surface area contributed by atoms with E-state index in [1.165, 1.54) is 30.0 Å². The fourth-order valence-electron chi connectivity index (χ4n) is 5.47. The van der Waals surface area contributed by atoms with Gasteiger partial charge in [0.25, 0.3) is 0 Å². The Labute approximate surface area is 162 Å². The van der Waals surface area contributed by atoms with E-state index in [4.69, 9.17) is 0 Å². The average molecular weight is 391 g/mol. The maximum absolute atomic E-state index is 12.9. The summed E-state index contributed by atoms with van der Waals surface area (Å²) in [5.41, 5.74) is 0. The van der Waals surface area contributed by atoms with Gasteiger partial charge in [-0.25, -0.2) is 8.42 Å². The van der Waals surface area contributed by atoms with Gasteiger partial charge in [-0.3, -0.25) is 4.79 Å². The minimum Gasteiger partial charge on any atom is -0.353 e. The molecule has 5 nitrogen and oxygen atoms in total. The molecule has 2 aliphatic carbocycles. The van der Waals surface area contributed by atoms with E-state index in [1.54, 1.807) is 24.3 Å². The molecule has 0 aromatic heterocycles. The van der Waals surface area contributed by atoms with Crippen LogP contribution in [0, 0.1) is 23.7 Å². The Bertz CT molecular complexity index is 780. The van der Waals surface area contributed by atoms with Crippen molar-refractivity contribution in [3.63, 3.8) is 0 Å². The van der Waals surface area contributed by atoms with Crippen molar-refractivity contribution in [2.45, 2.75) is 56.4 Å². The number of hydrogen-bond acceptors (Lipinski definition) is 3. The zero-order chi connectivity index (χ0) is 19.0. The van der Waals surface area contributed by atoms with E-state index in [9.17, 15) is 13.2 Å². The van der Waals surface area contributed by atoms with Crippen LogP contribution in [0.1, 0.15) is 45.4 Å². The zero-order valence-corrected chi connectivity index (χ0v) is 16.8. The third-order valence-corrected chi connectivity index (χ3v) is 8.82. The predicted molar refractivity (Wildman–Crippen MR) is 104 cm³/mol. The fraction of sp³-hybridized carbons (Fsp3) is 0.667. The lowest BCUT2D eigenvalue weighted by Gasteiger charge is -2.33. The first kappa shape index (κ1) is 18.9. The summed E-state index contributed by atoms with van der Waals surface area (Å²) in [4.78, 5) is 13.2. The highest BCUT2D eigenvalue weighted by Crippen LogP contribution is 2.49. The van der Waals surface area contributed by atoms with Crippen LogP contribution in [0.5, 0.6) is 0 Å². The molecule has 1 saturated heterocycles. The van der Waals surface area contributed by atoms with Gasteiger partial charge >= 0.3 is 0 Å². The molecular formula is C21H30N2O3S. The number of benzene rings is 1. The van der Waals surface area contributed by atoms with E-state index in [0.717, 1.165) is 24.7 Å². The Morgan fingerprint density at radius 2 is 1.93 bits per heavy atom. The van der Waals surface area contributed by atoms with Gasteiger partial charge in [0, 0.05) is 19.1 Å². The highest BCUT2D eigenvalue weighted by atomic mass is 32.2. The van der Waals surface area contributed by atoms with Crippen LogP contribution in [0.15, 0.2) is 35.2 Å². The van der Waals surface area contributed by atoms with Gasteiger partial charge in [0.1, 0.15) is 0 Å². The lowest BCUT2D eigenvalue weighted by molar-refractivity contribution is -0.127. The molecule has 0 spiro atoms. The van der Waals surface area contributed by atoms with Crippen LogP contribution < -0.4 is 5.32 Å². The molecule has 2 saturated carbocycles. The molecule has 1 aliphatic heterocycles. The third-order valence-electron chi connectivity index (χ3n) is 6.94. The molecule has 2 bridgehead atoms. The van der Waals surface area contributed by atoms with Crippen molar-refractivity contribution in [1.29, 1.82) is 0 Å². The molecule has 1 heterocycles. The van der Waals surface area contributed by atoms with Gasteiger partial charge in [0.2, 0.25) is 15.9 Å². The Balaban J connectivity index is 1.38. The van der Waals surface area contributed by atoms with Gasteiger partial charge in [-0.15, -0.1) is 0 Å². The maximum Gasteiger partial charge on any atom is 0.243 e. The van der Waals surface area contributed by atoms with Crippen molar-refractivity contribution in [3.8, 4) is 0 Å². The van der Waals surface area contributed by atoms with Crippen LogP contribution in [0.25, 0.3) is 0 Å². The Morgan fingerprint density at radius 3 is 2.59 bits per heavy atom. The highest BCUT2D eigenvalue weighted by molar-refractivity contribution is 7.89. The Morgan fingerprint density at radius 1 is 1.15 bits per heavy atom. The number of carbonyl (C=O) groups excluding carboxylic acids is 1. The number of carbonyl (C=O) groups is 1. The summed E-state index contributed by atoms with van der Waals surface area (Å²) < 4.78 is 27.2. The standard InChI is InChI=1S/C21H30N2O3S/c1-15(20-13-16-9-10-17(20)12-16)22-21(24)18-6-5-11-23(14-18)27(25,26)19-7-3-2-4-8-19/h2-4,7-8,15-18,20H,5-6,9-14H2,1H3,(H,22,24). The zero-order valence-electron chi connectivity index (χ0n) is 16.0. The SMILES string of the molecule is CC(NC(=O)C1CCCN(S(=O)(=O)c2ccccc2)C1)C1CC2CCC1C2. The van der Waals surface area contributed by atoms with Crippen molar-refractivity contribution in [2.75, 3.05) is 13.1 Å². The normalized spacial score (nSPS) is 32.3. The minimum absolute atomic E-state index is 0.0261. The largest absolute Gasteiger partial charge is 0.353 e. The summed E-state index contributed by atoms with van der Waals surface area (Å²) >= 11 is 0. The predicted octanol–water partition coefficient (Wildman–Crippen LogP) is 3.03. The molecule has 5 unspecified atom stereocenters. The van der Waals surface area contributed by atoms with E-state index in [2.05, 4.69) is 12.2 Å². The van der Waals surface area contributed by atoms with Gasteiger partial charge < -0.3 is 5.32 Å². The summed E-state index contributed by atoms with van der Waals surface area (Å²) in [6, 6.07) is 8.71. The van der Waals surface area contributed by atoms with Crippen molar-refractivity contribution in [3.05, 3.63) is 30.3 Å². The highest BCUT2D eigenvalue weighted by Gasteiger charge is 2.42. The third kappa shape index (κ3) is 3.79. The van der Waals surface area contributed by atoms with Gasteiger partial charge in [-0.05, 0) is 68.9 Å². The molecule has 3 aliphatic rings. The molecule has 6 heteroatoms. The first-order chi connectivity index (χ1) is 12.9. The fourth-order valence-corrected chi connectivity index (χ4v) is 7.02. The smallest absolute Gasteiger partial charge is 0.243 e. The van der Waals surface area contributed by atoms with Crippen molar-refractivity contribution in [2.24, 2.45) is 23.7 Å². The van der Waals surface area contributed by atoms with Crippen molar-refractivity contribution < 1.29 is 13.2 Å². The van der Waals surface area contributed by atoms with Gasteiger partial charge in [-0.1, -0.05) is 24.6 Å². The van der Waals surface area contributed by atoms with E-state index in [1.807, 2.05) is 6.07 Å². The number of hydrogen-bond donors (Lipinski definition) is 1. The van der Waals surface area contributed by atoms with Crippen molar-refractivity contribution in [1.82, 2.24) is 9.62 Å². The number of piperidine rings is 1. The maximum atomic E-state index is 12.9. The molecule has 1 amide bonds. The molecule has 0 radical (unpaired) electrons. The first-order valence-electron chi connectivity index (χ1n) is 10.3. The van der Waals surface area contributed by atoms with E-state index >= 15 is 0 Å². The Hall–Kier alpha value is -1.40. The molecule has 1 aromatic rings. The first-order valence-corrected chi connectivity index (χ1v) is 11.7. The Kier molecular flexibility index (Phi) is 5.30. The van der Waals surface area contributed by atoms with Crippen LogP contribution >= 0.6 is 0 Å². The molecule has 1 N–H and O–H groups in total. The molecule has 3 fully saturated rings. The number of rotatable bonds is 5. The monoisotopic (exact) mass is 390 g/mol. The van der Waals surface area contributed by atoms with E-state index in [0.29, 0.717) is 17.4 Å². The second-order valence-corrected chi connectivity index (χ2v) is 10.6. The van der Waals surface area contributed by atoms with E-state index in [-0.39, 0.29) is 24.4 Å². The second-order valence-electron chi connectivity index (χ2n) is 8.65. The number of sulfonamides is 1. The van der Waals surface area contributed by atoms with Crippen LogP contribution in [0.2, 0.25) is 0 Å². The molecule has 1 aromatic carbocycles. The molecule has 4 rings (SSSR count). The molecule has 148 valence electrons. The van der Waals surface area contributed by atoms with Crippen LogP contribution in [-0.4, -0.2) is 37.8 Å². The lowest BCUT2D eigenvalue weighted by Crippen LogP contribution is -2.48. The molecule has 5 atom stereocenters. The van der Waals surface area contributed by atoms with Gasteiger partial charge in [0.15, 0.2) is 0 Å². The average Bonchev–Trinajstić information content (AvgIpc) is 3.32. The minimum atomic E-state index is -3.53. The number of amides is 1. The molecule has 27 heavy (non-hydrogen) atoms. The summed E-state index contributed by atoms with van der Waals surface area (Å²) in [5.74, 6) is 2.00. The summed E-state index contributed by atoms with van der Waals surface area (Å²) in [5, 5.41) is 3.23. The van der Waals surface area contributed by atoms with Gasteiger partial charge in [0.05, 0.1) is 10.8 Å². The summed E-state index contributed by atoms with van der Waals surface area (Å²) in [7, 11) is -3.53. The summed E-state index contributed by atoms with van der Waals surface area (Å²) in [6.07, 6.45) is 6.73. The lowest BCUT2D eigenvalue weighted by atomic mass is 9.83. The second kappa shape index (κ2) is 7.55.